The fourth-order valence-electron chi connectivity index (χ4n) is 2.52. The smallest absolute Gasteiger partial charge is 0.350 e. The second-order valence-electron chi connectivity index (χ2n) is 5.77. The Labute approximate surface area is 135 Å². The molecule has 118 valence electrons. The van der Waals surface area contributed by atoms with Gasteiger partial charge < -0.3 is 5.32 Å². The Morgan fingerprint density at radius 2 is 1.83 bits per heavy atom. The summed E-state index contributed by atoms with van der Waals surface area (Å²) in [6.07, 6.45) is 1.51. The first-order chi connectivity index (χ1) is 11.0. The number of hydrogen-bond acceptors (Lipinski definition) is 3. The summed E-state index contributed by atoms with van der Waals surface area (Å²) in [5.41, 5.74) is 5.46. The summed E-state index contributed by atoms with van der Waals surface area (Å²) in [4.78, 5) is 11.9. The summed E-state index contributed by atoms with van der Waals surface area (Å²) < 4.78 is 2.83. The fourth-order valence-corrected chi connectivity index (χ4v) is 2.52. The number of anilines is 1. The Bertz CT molecular complexity index is 875. The predicted octanol–water partition coefficient (Wildman–Crippen LogP) is 2.80. The van der Waals surface area contributed by atoms with Gasteiger partial charge in [-0.2, -0.15) is 9.78 Å². The van der Waals surface area contributed by atoms with Crippen molar-refractivity contribution in [2.45, 2.75) is 20.4 Å². The summed E-state index contributed by atoms with van der Waals surface area (Å²) in [6.45, 7) is 5.00. The lowest BCUT2D eigenvalue weighted by atomic mass is 10.1. The van der Waals surface area contributed by atoms with Crippen LogP contribution >= 0.6 is 0 Å². The molecule has 3 aromatic rings. The highest BCUT2D eigenvalue weighted by Gasteiger charge is 2.04. The zero-order valence-corrected chi connectivity index (χ0v) is 13.6. The second kappa shape index (κ2) is 6.12. The Hall–Kier alpha value is -2.82. The normalized spacial score (nSPS) is 10.7. The van der Waals surface area contributed by atoms with Crippen molar-refractivity contribution >= 4 is 5.69 Å². The van der Waals surface area contributed by atoms with Crippen LogP contribution in [0.5, 0.6) is 0 Å². The van der Waals surface area contributed by atoms with Gasteiger partial charge in [0.25, 0.3) is 0 Å². The van der Waals surface area contributed by atoms with Crippen LogP contribution < -0.4 is 11.0 Å². The third-order valence-electron chi connectivity index (χ3n) is 3.92. The second-order valence-corrected chi connectivity index (χ2v) is 5.77. The lowest BCUT2D eigenvalue weighted by molar-refractivity contribution is 0.799. The van der Waals surface area contributed by atoms with Gasteiger partial charge >= 0.3 is 5.69 Å². The molecule has 0 radical (unpaired) electrons. The van der Waals surface area contributed by atoms with Gasteiger partial charge in [0.05, 0.1) is 5.69 Å². The molecule has 0 aliphatic rings. The van der Waals surface area contributed by atoms with Crippen LogP contribution in [-0.4, -0.2) is 14.3 Å². The van der Waals surface area contributed by atoms with E-state index in [9.17, 15) is 4.79 Å². The number of aryl methyl sites for hydroxylation is 3. The first-order valence-electron chi connectivity index (χ1n) is 7.56. The summed E-state index contributed by atoms with van der Waals surface area (Å²) >= 11 is 0. The summed E-state index contributed by atoms with van der Waals surface area (Å²) in [5, 5.41) is 7.48. The lowest BCUT2D eigenvalue weighted by Gasteiger charge is -2.10. The molecule has 0 saturated heterocycles. The molecule has 2 aromatic carbocycles. The van der Waals surface area contributed by atoms with E-state index in [0.717, 1.165) is 17.9 Å². The summed E-state index contributed by atoms with van der Waals surface area (Å²) in [7, 11) is 1.69. The molecular weight excluding hydrogens is 288 g/mol. The molecule has 0 aliphatic heterocycles. The Morgan fingerprint density at radius 1 is 1.09 bits per heavy atom. The minimum absolute atomic E-state index is 0.152. The van der Waals surface area contributed by atoms with Crippen molar-refractivity contribution in [3.8, 4) is 5.69 Å². The van der Waals surface area contributed by atoms with E-state index in [-0.39, 0.29) is 5.69 Å². The maximum atomic E-state index is 11.9. The van der Waals surface area contributed by atoms with E-state index in [1.165, 1.54) is 32.3 Å². The van der Waals surface area contributed by atoms with E-state index >= 15 is 0 Å². The Morgan fingerprint density at radius 3 is 2.43 bits per heavy atom. The minimum atomic E-state index is -0.152. The molecule has 1 aromatic heterocycles. The maximum Gasteiger partial charge on any atom is 0.350 e. The molecule has 0 unspecified atom stereocenters. The van der Waals surface area contributed by atoms with Gasteiger partial charge in [0.1, 0.15) is 6.33 Å². The molecule has 0 atom stereocenters. The van der Waals surface area contributed by atoms with Crippen LogP contribution in [0.2, 0.25) is 0 Å². The van der Waals surface area contributed by atoms with Gasteiger partial charge in [0.15, 0.2) is 0 Å². The average molecular weight is 308 g/mol. The minimum Gasteiger partial charge on any atom is -0.381 e. The third kappa shape index (κ3) is 3.18. The summed E-state index contributed by atoms with van der Waals surface area (Å²) in [6, 6.07) is 14.2. The lowest BCUT2D eigenvalue weighted by Crippen LogP contribution is -2.21. The van der Waals surface area contributed by atoms with Crippen LogP contribution in [-0.2, 0) is 13.6 Å². The van der Waals surface area contributed by atoms with Crippen molar-refractivity contribution in [1.82, 2.24) is 14.3 Å². The zero-order chi connectivity index (χ0) is 16.4. The van der Waals surface area contributed by atoms with Crippen LogP contribution in [0.25, 0.3) is 5.69 Å². The molecule has 5 nitrogen and oxygen atoms in total. The van der Waals surface area contributed by atoms with Crippen LogP contribution in [0.1, 0.15) is 16.7 Å². The van der Waals surface area contributed by atoms with Gasteiger partial charge in [-0.15, -0.1) is 0 Å². The van der Waals surface area contributed by atoms with Gasteiger partial charge in [0.2, 0.25) is 0 Å². The molecule has 23 heavy (non-hydrogen) atoms. The Kier molecular flexibility index (Phi) is 4.02. The zero-order valence-electron chi connectivity index (χ0n) is 13.6. The molecular formula is C18H20N4O. The molecule has 0 fully saturated rings. The molecule has 0 spiro atoms. The number of nitrogens with one attached hydrogen (secondary N) is 1. The van der Waals surface area contributed by atoms with E-state index in [2.05, 4.69) is 42.5 Å². The highest BCUT2D eigenvalue weighted by molar-refractivity contribution is 5.49. The van der Waals surface area contributed by atoms with Crippen LogP contribution in [0.15, 0.2) is 53.6 Å². The van der Waals surface area contributed by atoms with Gasteiger partial charge in [0, 0.05) is 19.3 Å². The summed E-state index contributed by atoms with van der Waals surface area (Å²) in [5.74, 6) is 0. The van der Waals surface area contributed by atoms with Crippen molar-refractivity contribution in [1.29, 1.82) is 0 Å². The van der Waals surface area contributed by atoms with Crippen molar-refractivity contribution in [2.24, 2.45) is 7.05 Å². The SMILES string of the molecule is Cc1ccc(CNc2ccc(-n3ncn(C)c3=O)cc2)c(C)c1. The van der Waals surface area contributed by atoms with Crippen molar-refractivity contribution in [3.63, 3.8) is 0 Å². The number of rotatable bonds is 4. The van der Waals surface area contributed by atoms with Crippen LogP contribution in [0.4, 0.5) is 5.69 Å². The highest BCUT2D eigenvalue weighted by Crippen LogP contribution is 2.15. The molecule has 1 heterocycles. The van der Waals surface area contributed by atoms with E-state index < -0.39 is 0 Å². The van der Waals surface area contributed by atoms with Gasteiger partial charge in [-0.3, -0.25) is 4.57 Å². The maximum absolute atomic E-state index is 11.9. The van der Waals surface area contributed by atoms with E-state index in [4.69, 9.17) is 0 Å². The number of aromatic nitrogens is 3. The Balaban J connectivity index is 1.73. The van der Waals surface area contributed by atoms with Gasteiger partial charge in [-0.1, -0.05) is 23.8 Å². The highest BCUT2D eigenvalue weighted by atomic mass is 16.2. The average Bonchev–Trinajstić information content (AvgIpc) is 2.87. The number of hydrogen-bond donors (Lipinski definition) is 1. The first kappa shape index (κ1) is 15.1. The van der Waals surface area contributed by atoms with E-state index in [1.54, 1.807) is 7.05 Å². The molecule has 0 saturated carbocycles. The molecule has 3 rings (SSSR count). The van der Waals surface area contributed by atoms with Gasteiger partial charge in [-0.25, -0.2) is 4.79 Å². The molecule has 1 N–H and O–H groups in total. The first-order valence-corrected chi connectivity index (χ1v) is 7.56. The molecule has 0 amide bonds. The number of benzene rings is 2. The van der Waals surface area contributed by atoms with Crippen molar-refractivity contribution in [2.75, 3.05) is 5.32 Å². The third-order valence-corrected chi connectivity index (χ3v) is 3.92. The van der Waals surface area contributed by atoms with E-state index in [0.29, 0.717) is 0 Å². The van der Waals surface area contributed by atoms with Crippen molar-refractivity contribution < 1.29 is 0 Å². The molecule has 5 heteroatoms. The largest absolute Gasteiger partial charge is 0.381 e. The van der Waals surface area contributed by atoms with Crippen molar-refractivity contribution in [3.05, 3.63) is 76.0 Å². The van der Waals surface area contributed by atoms with Crippen LogP contribution in [0, 0.1) is 13.8 Å². The monoisotopic (exact) mass is 308 g/mol. The topological polar surface area (TPSA) is 51.9 Å². The standard InChI is InChI=1S/C18H20N4O/c1-13-4-5-15(14(2)10-13)11-19-16-6-8-17(9-7-16)22-18(23)21(3)12-20-22/h4-10,12,19H,11H2,1-3H3. The van der Waals surface area contributed by atoms with Gasteiger partial charge in [-0.05, 0) is 49.2 Å². The fraction of sp³-hybridized carbons (Fsp3) is 0.222. The quantitative estimate of drug-likeness (QED) is 0.806. The number of nitrogens with zero attached hydrogens (tertiary/aromatic N) is 3. The predicted molar refractivity (Wildman–Crippen MR) is 92.0 cm³/mol. The van der Waals surface area contributed by atoms with E-state index in [1.807, 2.05) is 24.3 Å². The molecule has 0 bridgehead atoms. The molecule has 0 aliphatic carbocycles. The van der Waals surface area contributed by atoms with Crippen LogP contribution in [0.3, 0.4) is 0 Å².